The first-order valence-electron chi connectivity index (χ1n) is 2.87. The first kappa shape index (κ1) is 9.26. The zero-order valence-corrected chi connectivity index (χ0v) is 5.49. The normalized spacial score (nSPS) is 15.8. The van der Waals surface area contributed by atoms with Gasteiger partial charge in [-0.1, -0.05) is 0 Å². The molecule has 4 heteroatoms. The molecule has 0 saturated carbocycles. The standard InChI is InChI=1S/C6H10NO3/c1-2-7-5(3-8)6(10)4-9/h3-7,10H,1-2H2. The number of carbonyl (C=O) groups is 2. The minimum absolute atomic E-state index is 0.300. The quantitative estimate of drug-likeness (QED) is 0.463. The Hall–Kier alpha value is -0.740. The van der Waals surface area contributed by atoms with Gasteiger partial charge in [0.2, 0.25) is 0 Å². The van der Waals surface area contributed by atoms with Crippen LogP contribution in [0.2, 0.25) is 0 Å². The summed E-state index contributed by atoms with van der Waals surface area (Å²) in [6.45, 7) is 3.69. The van der Waals surface area contributed by atoms with Crippen LogP contribution >= 0.6 is 0 Å². The topological polar surface area (TPSA) is 66.4 Å². The Morgan fingerprint density at radius 3 is 2.40 bits per heavy atom. The average Bonchev–Trinajstić information content (AvgIpc) is 1.99. The van der Waals surface area contributed by atoms with Crippen LogP contribution < -0.4 is 5.32 Å². The van der Waals surface area contributed by atoms with Crippen molar-refractivity contribution in [2.24, 2.45) is 0 Å². The molecule has 4 nitrogen and oxygen atoms in total. The highest BCUT2D eigenvalue weighted by Crippen LogP contribution is 1.84. The fraction of sp³-hybridized carbons (Fsp3) is 0.500. The molecule has 0 amide bonds. The van der Waals surface area contributed by atoms with E-state index in [1.807, 2.05) is 0 Å². The highest BCUT2D eigenvalue weighted by atomic mass is 16.3. The minimum Gasteiger partial charge on any atom is -0.384 e. The van der Waals surface area contributed by atoms with Crippen LogP contribution in [0.15, 0.2) is 0 Å². The summed E-state index contributed by atoms with van der Waals surface area (Å²) in [5.74, 6) is 0. The van der Waals surface area contributed by atoms with Crippen LogP contribution in [0.3, 0.4) is 0 Å². The van der Waals surface area contributed by atoms with Crippen molar-refractivity contribution in [3.05, 3.63) is 6.92 Å². The second-order valence-electron chi connectivity index (χ2n) is 1.74. The number of aliphatic hydroxyl groups is 1. The summed E-state index contributed by atoms with van der Waals surface area (Å²) < 4.78 is 0. The number of nitrogens with one attached hydrogen (secondary N) is 1. The van der Waals surface area contributed by atoms with Crippen LogP contribution in [0.5, 0.6) is 0 Å². The van der Waals surface area contributed by atoms with Gasteiger partial charge in [0.05, 0.1) is 6.04 Å². The molecule has 0 aliphatic carbocycles. The van der Waals surface area contributed by atoms with Gasteiger partial charge in [0, 0.05) is 0 Å². The first-order valence-corrected chi connectivity index (χ1v) is 2.87. The van der Waals surface area contributed by atoms with E-state index in [1.165, 1.54) is 0 Å². The molecule has 1 radical (unpaired) electrons. The van der Waals surface area contributed by atoms with Gasteiger partial charge >= 0.3 is 0 Å². The third-order valence-electron chi connectivity index (χ3n) is 1.03. The zero-order valence-electron chi connectivity index (χ0n) is 5.49. The highest BCUT2D eigenvalue weighted by Gasteiger charge is 2.15. The molecule has 0 aliphatic heterocycles. The summed E-state index contributed by atoms with van der Waals surface area (Å²) >= 11 is 0. The van der Waals surface area contributed by atoms with Crippen molar-refractivity contribution < 1.29 is 14.7 Å². The lowest BCUT2D eigenvalue weighted by Crippen LogP contribution is -2.41. The van der Waals surface area contributed by atoms with Gasteiger partial charge in [-0.05, 0) is 13.5 Å². The Kier molecular flexibility index (Phi) is 4.70. The molecule has 0 saturated heterocycles. The summed E-state index contributed by atoms with van der Waals surface area (Å²) in [6, 6.07) is -0.824. The summed E-state index contributed by atoms with van der Waals surface area (Å²) in [5, 5.41) is 11.3. The van der Waals surface area contributed by atoms with Gasteiger partial charge in [0.15, 0.2) is 6.29 Å². The molecule has 2 unspecified atom stereocenters. The van der Waals surface area contributed by atoms with Crippen LogP contribution in [-0.4, -0.2) is 36.4 Å². The highest BCUT2D eigenvalue weighted by molar-refractivity contribution is 5.69. The van der Waals surface area contributed by atoms with Gasteiger partial charge in [0.25, 0.3) is 0 Å². The maximum Gasteiger partial charge on any atom is 0.150 e. The van der Waals surface area contributed by atoms with Crippen molar-refractivity contribution in [2.75, 3.05) is 6.54 Å². The average molecular weight is 144 g/mol. The van der Waals surface area contributed by atoms with Gasteiger partial charge in [-0.2, -0.15) is 0 Å². The van der Waals surface area contributed by atoms with E-state index in [0.29, 0.717) is 19.1 Å². The maximum atomic E-state index is 10.1. The third-order valence-corrected chi connectivity index (χ3v) is 1.03. The van der Waals surface area contributed by atoms with Crippen LogP contribution in [0.4, 0.5) is 0 Å². The molecule has 0 aromatic heterocycles. The monoisotopic (exact) mass is 144 g/mol. The molecule has 2 N–H and O–H groups in total. The summed E-state index contributed by atoms with van der Waals surface area (Å²) in [6.07, 6.45) is -0.481. The molecule has 0 bridgehead atoms. The van der Waals surface area contributed by atoms with E-state index < -0.39 is 12.1 Å². The number of hydrogen-bond acceptors (Lipinski definition) is 4. The third kappa shape index (κ3) is 2.70. The summed E-state index contributed by atoms with van der Waals surface area (Å²) in [5.41, 5.74) is 0. The molecule has 0 aromatic rings. The molecule has 0 rings (SSSR count). The lowest BCUT2D eigenvalue weighted by molar-refractivity contribution is -0.121. The van der Waals surface area contributed by atoms with Crippen LogP contribution in [0, 0.1) is 6.92 Å². The second kappa shape index (κ2) is 5.08. The van der Waals surface area contributed by atoms with E-state index in [1.54, 1.807) is 0 Å². The summed E-state index contributed by atoms with van der Waals surface area (Å²) in [7, 11) is 0. The Labute approximate surface area is 59.2 Å². The predicted molar refractivity (Wildman–Crippen MR) is 35.3 cm³/mol. The number of hydrogen-bond donors (Lipinski definition) is 2. The molecular weight excluding hydrogens is 134 g/mol. The van der Waals surface area contributed by atoms with E-state index in [4.69, 9.17) is 5.11 Å². The van der Waals surface area contributed by atoms with E-state index in [2.05, 4.69) is 12.2 Å². The Morgan fingerprint density at radius 2 is 2.10 bits per heavy atom. The van der Waals surface area contributed by atoms with Gasteiger partial charge in [-0.15, -0.1) is 0 Å². The fourth-order valence-corrected chi connectivity index (χ4v) is 0.501. The van der Waals surface area contributed by atoms with Gasteiger partial charge in [-0.3, -0.25) is 0 Å². The molecule has 0 aliphatic rings. The molecule has 0 spiro atoms. The van der Waals surface area contributed by atoms with Gasteiger partial charge in [-0.25, -0.2) is 0 Å². The fourth-order valence-electron chi connectivity index (χ4n) is 0.501. The number of aliphatic hydroxyl groups excluding tert-OH is 1. The van der Waals surface area contributed by atoms with Crippen molar-refractivity contribution >= 4 is 12.6 Å². The lowest BCUT2D eigenvalue weighted by Gasteiger charge is -2.11. The minimum atomic E-state index is -1.26. The molecular formula is C6H10NO3. The van der Waals surface area contributed by atoms with Gasteiger partial charge in [0.1, 0.15) is 12.4 Å². The zero-order chi connectivity index (χ0) is 7.98. The number of carbonyl (C=O) groups excluding carboxylic acids is 2. The van der Waals surface area contributed by atoms with Crippen LogP contribution in [-0.2, 0) is 9.59 Å². The molecule has 0 fully saturated rings. The molecule has 57 valence electrons. The van der Waals surface area contributed by atoms with Crippen molar-refractivity contribution in [1.29, 1.82) is 0 Å². The molecule has 0 aromatic carbocycles. The van der Waals surface area contributed by atoms with E-state index in [0.717, 1.165) is 0 Å². The van der Waals surface area contributed by atoms with Crippen molar-refractivity contribution in [1.82, 2.24) is 5.32 Å². The first-order chi connectivity index (χ1) is 4.76. The maximum absolute atomic E-state index is 10.1. The lowest BCUT2D eigenvalue weighted by atomic mass is 10.2. The van der Waals surface area contributed by atoms with E-state index in [-0.39, 0.29) is 0 Å². The predicted octanol–water partition coefficient (Wildman–Crippen LogP) is -1.46. The van der Waals surface area contributed by atoms with E-state index >= 15 is 0 Å². The Bertz CT molecular complexity index is 116. The number of rotatable bonds is 5. The van der Waals surface area contributed by atoms with Crippen LogP contribution in [0.25, 0.3) is 0 Å². The van der Waals surface area contributed by atoms with Crippen LogP contribution in [0.1, 0.15) is 0 Å². The Balaban J connectivity index is 3.78. The molecule has 2 atom stereocenters. The Morgan fingerprint density at radius 1 is 1.50 bits per heavy atom. The molecule has 0 heterocycles. The van der Waals surface area contributed by atoms with Crippen molar-refractivity contribution in [2.45, 2.75) is 12.1 Å². The SMILES string of the molecule is [CH2]CNC(C=O)C(O)C=O. The largest absolute Gasteiger partial charge is 0.384 e. The van der Waals surface area contributed by atoms with Crippen molar-refractivity contribution in [3.8, 4) is 0 Å². The molecule has 10 heavy (non-hydrogen) atoms. The van der Waals surface area contributed by atoms with E-state index in [9.17, 15) is 9.59 Å². The summed E-state index contributed by atoms with van der Waals surface area (Å²) in [4.78, 5) is 20.0. The van der Waals surface area contributed by atoms with Crippen molar-refractivity contribution in [3.63, 3.8) is 0 Å². The van der Waals surface area contributed by atoms with Gasteiger partial charge < -0.3 is 20.0 Å². The number of aldehydes is 2. The second-order valence-corrected chi connectivity index (χ2v) is 1.74. The smallest absolute Gasteiger partial charge is 0.150 e.